The van der Waals surface area contributed by atoms with E-state index in [9.17, 15) is 0 Å². The molecule has 0 amide bonds. The molecule has 0 aromatic carbocycles. The Kier molecular flexibility index (Phi) is 12.8. The van der Waals surface area contributed by atoms with Crippen molar-refractivity contribution < 1.29 is 17.1 Å². The zero-order valence-corrected chi connectivity index (χ0v) is 15.8. The Balaban J connectivity index is 0.000000403. The van der Waals surface area contributed by atoms with Crippen LogP contribution in [0.2, 0.25) is 0 Å². The molecule has 0 unspecified atom stereocenters. The molecule has 2 heterocycles. The summed E-state index contributed by atoms with van der Waals surface area (Å²) in [6.07, 6.45) is 8.89. The molecule has 133 valence electrons. The summed E-state index contributed by atoms with van der Waals surface area (Å²) in [4.78, 5) is 8.54. The van der Waals surface area contributed by atoms with Gasteiger partial charge in [-0.1, -0.05) is 37.8 Å². The van der Waals surface area contributed by atoms with E-state index in [0.29, 0.717) is 0 Å². The number of hydrogen-bond donors (Lipinski definition) is 0. The average molecular weight is 366 g/mol. The summed E-state index contributed by atoms with van der Waals surface area (Å²) >= 11 is 0. The van der Waals surface area contributed by atoms with E-state index in [2.05, 4.69) is 32.8 Å². The van der Waals surface area contributed by atoms with E-state index >= 15 is 0 Å². The minimum absolute atomic E-state index is 0. The van der Waals surface area contributed by atoms with Crippen molar-refractivity contribution in [1.29, 1.82) is 0 Å². The maximum atomic E-state index is 4.34. The molecule has 0 bridgehead atoms. The van der Waals surface area contributed by atoms with E-state index in [1.165, 1.54) is 24.2 Å². The summed E-state index contributed by atoms with van der Waals surface area (Å²) in [5.74, 6) is 0. The second kappa shape index (κ2) is 13.4. The third kappa shape index (κ3) is 10.3. The van der Waals surface area contributed by atoms with Crippen LogP contribution in [0, 0.1) is 0 Å². The van der Waals surface area contributed by atoms with Crippen LogP contribution >= 0.6 is 0 Å². The second-order valence-corrected chi connectivity index (χ2v) is 5.47. The molecule has 0 atom stereocenters. The van der Waals surface area contributed by atoms with Crippen molar-refractivity contribution in [2.24, 2.45) is 9.98 Å². The normalized spacial score (nSPS) is 21.4. The monoisotopic (exact) mass is 365 g/mol. The molecule has 2 aliphatic rings. The first-order valence-corrected chi connectivity index (χ1v) is 8.44. The van der Waals surface area contributed by atoms with Crippen LogP contribution in [-0.2, 0) is 17.1 Å². The van der Waals surface area contributed by atoms with Crippen molar-refractivity contribution in [3.05, 3.63) is 34.2 Å². The summed E-state index contributed by atoms with van der Waals surface area (Å²) in [6.45, 7) is 11.9. The first kappa shape index (κ1) is 21.9. The van der Waals surface area contributed by atoms with Crippen molar-refractivity contribution in [2.45, 2.75) is 53.4 Å². The summed E-state index contributed by atoms with van der Waals surface area (Å²) in [6, 6.07) is 0. The second-order valence-electron chi connectivity index (χ2n) is 5.47. The molecule has 0 aliphatic carbocycles. The Bertz CT molecular complexity index is 392. The van der Waals surface area contributed by atoms with E-state index in [4.69, 9.17) is 0 Å². The molecule has 5 heteroatoms. The molecule has 0 aromatic heterocycles. The number of allylic oxidation sites excluding steroid dienone is 4. The maximum Gasteiger partial charge on any atom is 2.00 e. The van der Waals surface area contributed by atoms with Crippen molar-refractivity contribution in [3.63, 3.8) is 0 Å². The van der Waals surface area contributed by atoms with Gasteiger partial charge in [0.1, 0.15) is 0 Å². The fourth-order valence-electron chi connectivity index (χ4n) is 2.43. The van der Waals surface area contributed by atoms with Gasteiger partial charge in [-0.15, -0.1) is 13.1 Å². The van der Waals surface area contributed by atoms with E-state index in [1.807, 2.05) is 27.7 Å². The molecule has 0 saturated carbocycles. The van der Waals surface area contributed by atoms with Crippen molar-refractivity contribution in [2.75, 3.05) is 26.2 Å². The van der Waals surface area contributed by atoms with Crippen LogP contribution < -0.4 is 0 Å². The van der Waals surface area contributed by atoms with E-state index in [0.717, 1.165) is 50.4 Å². The van der Waals surface area contributed by atoms with Gasteiger partial charge in [0, 0.05) is 24.5 Å². The molecule has 0 spiro atoms. The van der Waals surface area contributed by atoms with Crippen LogP contribution in [-0.4, -0.2) is 37.6 Å². The van der Waals surface area contributed by atoms with Gasteiger partial charge < -0.3 is 10.6 Å². The van der Waals surface area contributed by atoms with Crippen LogP contribution in [0.4, 0.5) is 0 Å². The maximum absolute atomic E-state index is 4.34. The van der Waals surface area contributed by atoms with E-state index < -0.39 is 0 Å². The van der Waals surface area contributed by atoms with Crippen LogP contribution in [0.15, 0.2) is 33.5 Å². The third-order valence-electron chi connectivity index (χ3n) is 3.38. The predicted octanol–water partition coefficient (Wildman–Crippen LogP) is 5.03. The largest absolute Gasteiger partial charge is 2.00 e. The molecule has 1 radical (unpaired) electrons. The van der Waals surface area contributed by atoms with Gasteiger partial charge in [0.05, 0.1) is 0 Å². The summed E-state index contributed by atoms with van der Waals surface area (Å²) in [5.41, 5.74) is 4.65. The minimum Gasteiger partial charge on any atom is -0.688 e. The van der Waals surface area contributed by atoms with Gasteiger partial charge in [0.15, 0.2) is 0 Å². The van der Waals surface area contributed by atoms with E-state index in [-0.39, 0.29) is 17.1 Å². The average Bonchev–Trinajstić information content (AvgIpc) is 3.13. The first-order valence-electron chi connectivity index (χ1n) is 8.44. The van der Waals surface area contributed by atoms with Gasteiger partial charge in [0.25, 0.3) is 0 Å². The number of rotatable bonds is 4. The fourth-order valence-corrected chi connectivity index (χ4v) is 2.43. The third-order valence-corrected chi connectivity index (χ3v) is 3.38. The fraction of sp³-hybridized carbons (Fsp3) is 0.667. The molecule has 2 rings (SSSR count). The summed E-state index contributed by atoms with van der Waals surface area (Å²) < 4.78 is 0. The molecule has 2 saturated heterocycles. The smallest absolute Gasteiger partial charge is 0.688 e. The number of aliphatic imine (C=N–C) groups is 2. The van der Waals surface area contributed by atoms with E-state index in [1.54, 1.807) is 0 Å². The van der Waals surface area contributed by atoms with Gasteiger partial charge in [0.2, 0.25) is 0 Å². The summed E-state index contributed by atoms with van der Waals surface area (Å²) in [7, 11) is 0. The van der Waals surface area contributed by atoms with Crippen molar-refractivity contribution in [3.8, 4) is 0 Å². The molecule has 4 nitrogen and oxygen atoms in total. The van der Waals surface area contributed by atoms with Gasteiger partial charge in [-0.3, -0.25) is 9.98 Å². The minimum atomic E-state index is 0. The Morgan fingerprint density at radius 3 is 1.52 bits per heavy atom. The molecule has 23 heavy (non-hydrogen) atoms. The molecule has 2 fully saturated rings. The molecular weight excluding hydrogens is 336 g/mol. The van der Waals surface area contributed by atoms with Crippen LogP contribution in [0.1, 0.15) is 53.4 Å². The van der Waals surface area contributed by atoms with Gasteiger partial charge in [-0.25, -0.2) is 0 Å². The molecule has 0 N–H and O–H groups in total. The van der Waals surface area contributed by atoms with Crippen LogP contribution in [0.5, 0.6) is 0 Å². The molecular formula is C18H30CuN4. The van der Waals surface area contributed by atoms with Gasteiger partial charge >= 0.3 is 17.1 Å². The molecule has 0 aromatic rings. The Labute approximate surface area is 152 Å². The SMILES string of the molecule is CCN=C(C)/C=C1/CCC[N-]1.CCN=C(C)/C=C1/CCC[N-]1.[Cu+2]. The van der Waals surface area contributed by atoms with Gasteiger partial charge in [-0.2, -0.15) is 11.4 Å². The Hall–Kier alpha value is -1.06. The van der Waals surface area contributed by atoms with Gasteiger partial charge in [-0.05, 0) is 27.7 Å². The molecule has 2 aliphatic heterocycles. The van der Waals surface area contributed by atoms with Crippen LogP contribution in [0.25, 0.3) is 10.6 Å². The summed E-state index contributed by atoms with van der Waals surface area (Å²) in [5, 5.41) is 8.68. The standard InChI is InChI=1S/2C9H15N2.Cu/c2*1-3-10-8(2)7-9-5-4-6-11-9;/h2*7H,3-6H2,1-2H3;/q2*-1;+2/b2*9-7-,10-8?;. The predicted molar refractivity (Wildman–Crippen MR) is 98.4 cm³/mol. The van der Waals surface area contributed by atoms with Crippen molar-refractivity contribution in [1.82, 2.24) is 0 Å². The van der Waals surface area contributed by atoms with Crippen LogP contribution in [0.3, 0.4) is 0 Å². The Morgan fingerprint density at radius 1 is 0.870 bits per heavy atom. The quantitative estimate of drug-likeness (QED) is 0.495. The zero-order valence-electron chi connectivity index (χ0n) is 14.9. The van der Waals surface area contributed by atoms with Crippen molar-refractivity contribution >= 4 is 11.4 Å². The topological polar surface area (TPSA) is 52.9 Å². The first-order chi connectivity index (χ1) is 10.7. The number of nitrogens with zero attached hydrogens (tertiary/aromatic N) is 4. The Morgan fingerprint density at radius 2 is 1.26 bits per heavy atom. The number of hydrogen-bond acceptors (Lipinski definition) is 2. The zero-order chi connectivity index (χ0) is 16.2.